The molecule has 0 unspecified atom stereocenters. The zero-order valence-corrected chi connectivity index (χ0v) is 15.6. The fourth-order valence-electron chi connectivity index (χ4n) is 3.75. The topological polar surface area (TPSA) is 25.4 Å². The van der Waals surface area contributed by atoms with Gasteiger partial charge in [0.2, 0.25) is 0 Å². The Bertz CT molecular complexity index is 818. The average molecular weight is 358 g/mol. The van der Waals surface area contributed by atoms with E-state index in [2.05, 4.69) is 70.5 Å². The van der Waals surface area contributed by atoms with Crippen LogP contribution in [0.1, 0.15) is 29.5 Å². The first-order valence-corrected chi connectivity index (χ1v) is 9.75. The van der Waals surface area contributed by atoms with Crippen LogP contribution in [-0.4, -0.2) is 29.1 Å². The lowest BCUT2D eigenvalue weighted by Gasteiger charge is -2.24. The molecule has 27 heavy (non-hydrogen) atoms. The van der Waals surface area contributed by atoms with Crippen molar-refractivity contribution in [2.75, 3.05) is 13.2 Å². The second kappa shape index (κ2) is 8.83. The van der Waals surface area contributed by atoms with Gasteiger partial charge in [0.25, 0.3) is 0 Å². The van der Waals surface area contributed by atoms with E-state index in [1.54, 1.807) is 0 Å². The molecule has 3 heteroatoms. The van der Waals surface area contributed by atoms with E-state index < -0.39 is 0 Å². The van der Waals surface area contributed by atoms with Gasteiger partial charge < -0.3 is 4.74 Å². The van der Waals surface area contributed by atoms with Gasteiger partial charge in [-0.15, -0.1) is 0 Å². The third-order valence-corrected chi connectivity index (χ3v) is 5.22. The van der Waals surface area contributed by atoms with Crippen molar-refractivity contribution in [3.8, 4) is 5.75 Å². The molecule has 1 saturated heterocycles. The Labute approximate surface area is 161 Å². The highest BCUT2D eigenvalue weighted by Gasteiger charge is 2.25. The molecule has 0 bridgehead atoms. The minimum absolute atomic E-state index is 0.481. The van der Waals surface area contributed by atoms with Crippen LogP contribution < -0.4 is 4.74 Å². The van der Waals surface area contributed by atoms with Crippen LogP contribution in [0.15, 0.2) is 79.1 Å². The lowest BCUT2D eigenvalue weighted by atomic mass is 10.1. The van der Waals surface area contributed by atoms with E-state index in [0.29, 0.717) is 6.04 Å². The van der Waals surface area contributed by atoms with Gasteiger partial charge in [-0.1, -0.05) is 48.5 Å². The molecular formula is C24H26N2O. The zero-order valence-electron chi connectivity index (χ0n) is 15.6. The van der Waals surface area contributed by atoms with Crippen LogP contribution in [0.5, 0.6) is 5.75 Å². The molecule has 0 saturated carbocycles. The maximum Gasteiger partial charge on any atom is 0.119 e. The zero-order chi connectivity index (χ0) is 18.3. The Morgan fingerprint density at radius 2 is 1.67 bits per heavy atom. The summed E-state index contributed by atoms with van der Waals surface area (Å²) in [5.74, 6) is 0.958. The van der Waals surface area contributed by atoms with E-state index in [-0.39, 0.29) is 0 Å². The molecule has 2 heterocycles. The quantitative estimate of drug-likeness (QED) is 0.611. The minimum atomic E-state index is 0.481. The molecule has 3 nitrogen and oxygen atoms in total. The highest BCUT2D eigenvalue weighted by atomic mass is 16.5. The van der Waals surface area contributed by atoms with E-state index in [1.165, 1.54) is 29.5 Å². The fourth-order valence-corrected chi connectivity index (χ4v) is 3.75. The summed E-state index contributed by atoms with van der Waals surface area (Å²) < 4.78 is 6.11. The van der Waals surface area contributed by atoms with E-state index in [1.807, 2.05) is 18.5 Å². The normalized spacial score (nSPS) is 17.1. The molecule has 0 N–H and O–H groups in total. The van der Waals surface area contributed by atoms with Crippen LogP contribution in [-0.2, 0) is 13.0 Å². The molecule has 1 aliphatic rings. The molecule has 0 aliphatic carbocycles. The van der Waals surface area contributed by atoms with Crippen LogP contribution in [0.4, 0.5) is 0 Å². The van der Waals surface area contributed by atoms with Crippen LogP contribution >= 0.6 is 0 Å². The number of rotatable bonds is 7. The number of benzene rings is 2. The fraction of sp³-hybridized carbons (Fsp3) is 0.292. The summed E-state index contributed by atoms with van der Waals surface area (Å²) in [5.41, 5.74) is 3.92. The second-order valence-electron chi connectivity index (χ2n) is 7.25. The molecule has 138 valence electrons. The number of ether oxygens (including phenoxy) is 1. The summed E-state index contributed by atoms with van der Waals surface area (Å²) in [7, 11) is 0. The summed E-state index contributed by atoms with van der Waals surface area (Å²) in [6, 6.07) is 23.7. The third-order valence-electron chi connectivity index (χ3n) is 5.22. The molecular weight excluding hydrogens is 332 g/mol. The molecule has 2 aromatic carbocycles. The van der Waals surface area contributed by atoms with Crippen molar-refractivity contribution < 1.29 is 4.74 Å². The van der Waals surface area contributed by atoms with Gasteiger partial charge in [0.15, 0.2) is 0 Å². The van der Waals surface area contributed by atoms with Crippen molar-refractivity contribution in [2.45, 2.75) is 31.8 Å². The molecule has 0 amide bonds. The number of hydrogen-bond acceptors (Lipinski definition) is 3. The lowest BCUT2D eigenvalue weighted by Crippen LogP contribution is -2.33. The summed E-state index contributed by atoms with van der Waals surface area (Å²) in [5, 5.41) is 0. The number of hydrogen-bond donors (Lipinski definition) is 0. The van der Waals surface area contributed by atoms with Gasteiger partial charge in [0.05, 0.1) is 0 Å². The summed E-state index contributed by atoms with van der Waals surface area (Å²) in [6.07, 6.45) is 7.19. The minimum Gasteiger partial charge on any atom is -0.492 e. The Balaban J connectivity index is 1.30. The number of aromatic nitrogens is 1. The van der Waals surface area contributed by atoms with E-state index in [0.717, 1.165) is 31.9 Å². The largest absolute Gasteiger partial charge is 0.492 e. The van der Waals surface area contributed by atoms with Gasteiger partial charge >= 0.3 is 0 Å². The maximum atomic E-state index is 6.11. The van der Waals surface area contributed by atoms with Crippen LogP contribution in [0.25, 0.3) is 0 Å². The number of nitrogens with zero attached hydrogens (tertiary/aromatic N) is 2. The maximum absolute atomic E-state index is 6.11. The summed E-state index contributed by atoms with van der Waals surface area (Å²) in [6.45, 7) is 2.84. The third kappa shape index (κ3) is 4.95. The number of pyridine rings is 1. The first kappa shape index (κ1) is 17.7. The molecule has 1 atom stereocenters. The average Bonchev–Trinajstić information content (AvgIpc) is 3.16. The van der Waals surface area contributed by atoms with Crippen molar-refractivity contribution in [2.24, 2.45) is 0 Å². The SMILES string of the molecule is c1ccc(Cc2ccc(OC[C@H]3CCCN3Cc3cccnc3)cc2)cc1. The molecule has 0 radical (unpaired) electrons. The Morgan fingerprint density at radius 3 is 2.44 bits per heavy atom. The molecule has 1 aromatic heterocycles. The van der Waals surface area contributed by atoms with Crippen molar-refractivity contribution >= 4 is 0 Å². The van der Waals surface area contributed by atoms with Crippen molar-refractivity contribution in [3.63, 3.8) is 0 Å². The van der Waals surface area contributed by atoms with E-state index in [4.69, 9.17) is 4.74 Å². The first-order valence-electron chi connectivity index (χ1n) is 9.75. The van der Waals surface area contributed by atoms with Crippen molar-refractivity contribution in [3.05, 3.63) is 95.8 Å². The Hall–Kier alpha value is -2.65. The molecule has 0 spiro atoms. The standard InChI is InChI=1S/C24H26N2O/c1-2-6-20(7-3-1)16-21-10-12-24(13-11-21)27-19-23-9-5-15-26(23)18-22-8-4-14-25-17-22/h1-4,6-8,10-14,17,23H,5,9,15-16,18-19H2/t23-/m1/s1. The molecule has 1 aliphatic heterocycles. The van der Waals surface area contributed by atoms with Gasteiger partial charge in [-0.2, -0.15) is 0 Å². The Morgan fingerprint density at radius 1 is 0.889 bits per heavy atom. The summed E-state index contributed by atoms with van der Waals surface area (Å²) in [4.78, 5) is 6.74. The molecule has 4 rings (SSSR count). The van der Waals surface area contributed by atoms with Gasteiger partial charge in [0.1, 0.15) is 12.4 Å². The van der Waals surface area contributed by atoms with Gasteiger partial charge in [-0.05, 0) is 60.7 Å². The van der Waals surface area contributed by atoms with Crippen LogP contribution in [0, 0.1) is 0 Å². The van der Waals surface area contributed by atoms with E-state index in [9.17, 15) is 0 Å². The van der Waals surface area contributed by atoms with Gasteiger partial charge in [0, 0.05) is 25.0 Å². The smallest absolute Gasteiger partial charge is 0.119 e. The molecule has 3 aromatic rings. The highest BCUT2D eigenvalue weighted by Crippen LogP contribution is 2.22. The highest BCUT2D eigenvalue weighted by molar-refractivity contribution is 5.31. The first-order chi connectivity index (χ1) is 13.4. The van der Waals surface area contributed by atoms with Crippen molar-refractivity contribution in [1.29, 1.82) is 0 Å². The van der Waals surface area contributed by atoms with Crippen LogP contribution in [0.3, 0.4) is 0 Å². The monoisotopic (exact) mass is 358 g/mol. The Kier molecular flexibility index (Phi) is 5.80. The molecule has 1 fully saturated rings. The predicted octanol–water partition coefficient (Wildman–Crippen LogP) is 4.72. The van der Waals surface area contributed by atoms with Crippen molar-refractivity contribution in [1.82, 2.24) is 9.88 Å². The number of likely N-dealkylation sites (tertiary alicyclic amines) is 1. The van der Waals surface area contributed by atoms with Gasteiger partial charge in [-0.3, -0.25) is 9.88 Å². The second-order valence-corrected chi connectivity index (χ2v) is 7.25. The van der Waals surface area contributed by atoms with Gasteiger partial charge in [-0.25, -0.2) is 0 Å². The summed E-state index contributed by atoms with van der Waals surface area (Å²) >= 11 is 0. The lowest BCUT2D eigenvalue weighted by molar-refractivity contribution is 0.167. The van der Waals surface area contributed by atoms with Crippen LogP contribution in [0.2, 0.25) is 0 Å². The predicted molar refractivity (Wildman–Crippen MR) is 109 cm³/mol. The van der Waals surface area contributed by atoms with E-state index >= 15 is 0 Å².